The number of rotatable bonds is 2. The number of hydrogen-bond donors (Lipinski definition) is 1. The highest BCUT2D eigenvalue weighted by Gasteiger charge is 2.28. The van der Waals surface area contributed by atoms with Crippen molar-refractivity contribution < 1.29 is 4.79 Å². The number of para-hydroxylation sites is 2. The third-order valence-electron chi connectivity index (χ3n) is 3.94. The van der Waals surface area contributed by atoms with Crippen molar-refractivity contribution in [2.24, 2.45) is 0 Å². The number of hydrogen-bond acceptors (Lipinski definition) is 3. The number of nitrogens with one attached hydrogen (secondary N) is 1. The van der Waals surface area contributed by atoms with Crippen molar-refractivity contribution >= 4 is 22.9 Å². The zero-order valence-corrected chi connectivity index (χ0v) is 12.8. The number of nitrogens with zero attached hydrogens (tertiary/aromatic N) is 2. The highest BCUT2D eigenvalue weighted by molar-refractivity contribution is 6.12. The van der Waals surface area contributed by atoms with Crippen LogP contribution in [0.25, 0.3) is 5.57 Å². The summed E-state index contributed by atoms with van der Waals surface area (Å²) < 4.78 is 0. The van der Waals surface area contributed by atoms with Crippen molar-refractivity contribution in [3.8, 4) is 6.07 Å². The molecule has 0 fully saturated rings. The monoisotopic (exact) mass is 302 g/mol. The van der Waals surface area contributed by atoms with Gasteiger partial charge in [0, 0.05) is 41.7 Å². The van der Waals surface area contributed by atoms with Gasteiger partial charge in [-0.1, -0.05) is 36.4 Å². The first-order valence-electron chi connectivity index (χ1n) is 7.33. The Morgan fingerprint density at radius 3 is 2.13 bits per heavy atom. The van der Waals surface area contributed by atoms with E-state index in [0.29, 0.717) is 5.57 Å². The molecule has 2 aromatic carbocycles. The molecule has 4 nitrogen and oxygen atoms in total. The Balaban J connectivity index is 2.35. The van der Waals surface area contributed by atoms with Gasteiger partial charge in [0.1, 0.15) is 11.6 Å². The zero-order chi connectivity index (χ0) is 16.4. The first kappa shape index (κ1) is 14.9. The zero-order valence-electron chi connectivity index (χ0n) is 12.8. The van der Waals surface area contributed by atoms with E-state index < -0.39 is 5.91 Å². The van der Waals surface area contributed by atoms with Crippen molar-refractivity contribution in [1.82, 2.24) is 5.32 Å². The fourth-order valence-electron chi connectivity index (χ4n) is 2.92. The van der Waals surface area contributed by atoms with Gasteiger partial charge in [-0.3, -0.25) is 4.79 Å². The Labute approximate surface area is 135 Å². The maximum atomic E-state index is 12.3. The van der Waals surface area contributed by atoms with E-state index in [1.54, 1.807) is 0 Å². The minimum Gasteiger partial charge on any atom is -0.351 e. The normalized spacial score (nSPS) is 12.0. The predicted octanol–water partition coefficient (Wildman–Crippen LogP) is 3.04. The van der Waals surface area contributed by atoms with Crippen LogP contribution in [0.3, 0.4) is 0 Å². The Morgan fingerprint density at radius 1 is 1.13 bits per heavy atom. The van der Waals surface area contributed by atoms with Crippen LogP contribution in [0.2, 0.25) is 0 Å². The Kier molecular flexibility index (Phi) is 3.86. The summed E-state index contributed by atoms with van der Waals surface area (Å²) in [7, 11) is 1.98. The highest BCUT2D eigenvalue weighted by atomic mass is 16.1. The fraction of sp³-hybridized carbons (Fsp3) is 0.105. The van der Waals surface area contributed by atoms with E-state index in [-0.39, 0.29) is 12.1 Å². The third-order valence-corrected chi connectivity index (χ3v) is 3.94. The van der Waals surface area contributed by atoms with Crippen LogP contribution in [-0.2, 0) is 4.79 Å². The van der Waals surface area contributed by atoms with Crippen molar-refractivity contribution in [2.75, 3.05) is 18.5 Å². The molecule has 23 heavy (non-hydrogen) atoms. The van der Waals surface area contributed by atoms with E-state index in [4.69, 9.17) is 0 Å². The summed E-state index contributed by atoms with van der Waals surface area (Å²) in [5.41, 5.74) is 4.48. The standard InChI is InChI=1S/C19H16N3O/c1-3-21-19(23)15(12-20)18-13-8-4-6-10-16(13)22(2)17-11-7-5-9-14(17)18/h4-11H,1,3H2,2H3,(H,21,23). The number of benzene rings is 2. The second-order valence-electron chi connectivity index (χ2n) is 5.21. The summed E-state index contributed by atoms with van der Waals surface area (Å²) >= 11 is 0. The maximum absolute atomic E-state index is 12.3. The lowest BCUT2D eigenvalue weighted by Crippen LogP contribution is -2.26. The van der Waals surface area contributed by atoms with Gasteiger partial charge in [0.2, 0.25) is 0 Å². The molecule has 0 aliphatic carbocycles. The van der Waals surface area contributed by atoms with Crippen LogP contribution >= 0.6 is 0 Å². The molecule has 2 aromatic rings. The molecule has 0 spiro atoms. The molecule has 0 saturated carbocycles. The molecule has 0 unspecified atom stereocenters. The van der Waals surface area contributed by atoms with E-state index in [9.17, 15) is 10.1 Å². The lowest BCUT2D eigenvalue weighted by Gasteiger charge is -2.32. The molecule has 1 radical (unpaired) electrons. The molecule has 1 heterocycles. The second-order valence-corrected chi connectivity index (χ2v) is 5.21. The SMILES string of the molecule is [CH2]CNC(=O)C(C#N)=C1c2ccccc2N(C)c2ccccc21. The molecule has 0 aromatic heterocycles. The lowest BCUT2D eigenvalue weighted by molar-refractivity contribution is -0.116. The fourth-order valence-corrected chi connectivity index (χ4v) is 2.92. The van der Waals surface area contributed by atoms with Crippen molar-refractivity contribution in [2.45, 2.75) is 0 Å². The maximum Gasteiger partial charge on any atom is 0.262 e. The number of fused-ring (bicyclic) bond motifs is 2. The van der Waals surface area contributed by atoms with Crippen molar-refractivity contribution in [3.63, 3.8) is 0 Å². The number of nitriles is 1. The van der Waals surface area contributed by atoms with E-state index in [2.05, 4.69) is 23.2 Å². The average molecular weight is 302 g/mol. The quantitative estimate of drug-likeness (QED) is 0.685. The number of amides is 1. The van der Waals surface area contributed by atoms with Gasteiger partial charge < -0.3 is 10.2 Å². The van der Waals surface area contributed by atoms with Crippen LogP contribution < -0.4 is 10.2 Å². The van der Waals surface area contributed by atoms with Crippen molar-refractivity contribution in [1.29, 1.82) is 5.26 Å². The molecular weight excluding hydrogens is 286 g/mol. The van der Waals surface area contributed by atoms with Crippen LogP contribution in [0.15, 0.2) is 54.1 Å². The molecule has 113 valence electrons. The molecule has 0 bridgehead atoms. The Bertz CT molecular complexity index is 796. The number of carbonyl (C=O) groups is 1. The molecule has 0 saturated heterocycles. The molecule has 1 N–H and O–H groups in total. The molecular formula is C19H16N3O. The van der Waals surface area contributed by atoms with Crippen molar-refractivity contribution in [3.05, 3.63) is 72.2 Å². The minimum atomic E-state index is -0.397. The lowest BCUT2D eigenvalue weighted by atomic mass is 9.87. The first-order valence-corrected chi connectivity index (χ1v) is 7.33. The largest absolute Gasteiger partial charge is 0.351 e. The molecule has 1 aliphatic rings. The van der Waals surface area contributed by atoms with E-state index >= 15 is 0 Å². The number of carbonyl (C=O) groups excluding carboxylic acids is 1. The summed E-state index contributed by atoms with van der Waals surface area (Å²) in [5, 5.41) is 12.2. The summed E-state index contributed by atoms with van der Waals surface area (Å²) in [5.74, 6) is -0.397. The average Bonchev–Trinajstić information content (AvgIpc) is 2.59. The first-order chi connectivity index (χ1) is 11.2. The van der Waals surface area contributed by atoms with Gasteiger partial charge in [0.15, 0.2) is 0 Å². The molecule has 1 aliphatic heterocycles. The van der Waals surface area contributed by atoms with Gasteiger partial charge in [-0.15, -0.1) is 0 Å². The third kappa shape index (κ3) is 2.36. The topological polar surface area (TPSA) is 56.1 Å². The number of anilines is 2. The van der Waals surface area contributed by atoms with Gasteiger partial charge in [-0.25, -0.2) is 0 Å². The van der Waals surface area contributed by atoms with Gasteiger partial charge in [-0.2, -0.15) is 5.26 Å². The van der Waals surface area contributed by atoms with Crippen LogP contribution in [0.4, 0.5) is 11.4 Å². The van der Waals surface area contributed by atoms with Gasteiger partial charge in [-0.05, 0) is 19.1 Å². The van der Waals surface area contributed by atoms with Crippen LogP contribution in [0.1, 0.15) is 11.1 Å². The van der Waals surface area contributed by atoms with E-state index in [1.807, 2.05) is 55.6 Å². The van der Waals surface area contributed by atoms with E-state index in [0.717, 1.165) is 22.5 Å². The summed E-state index contributed by atoms with van der Waals surface area (Å²) in [6.45, 7) is 3.85. The van der Waals surface area contributed by atoms with Crippen LogP contribution in [0.5, 0.6) is 0 Å². The molecule has 1 amide bonds. The van der Waals surface area contributed by atoms with Gasteiger partial charge in [0.05, 0.1) is 0 Å². The Morgan fingerprint density at radius 2 is 1.65 bits per heavy atom. The van der Waals surface area contributed by atoms with Gasteiger partial charge in [0.25, 0.3) is 5.91 Å². The minimum absolute atomic E-state index is 0.113. The van der Waals surface area contributed by atoms with Gasteiger partial charge >= 0.3 is 0 Å². The van der Waals surface area contributed by atoms with Crippen LogP contribution in [-0.4, -0.2) is 19.5 Å². The van der Waals surface area contributed by atoms with Crippen LogP contribution in [0, 0.1) is 18.3 Å². The highest BCUT2D eigenvalue weighted by Crippen LogP contribution is 2.45. The second kappa shape index (κ2) is 5.98. The Hall–Kier alpha value is -3.06. The molecule has 0 atom stereocenters. The molecule has 4 heteroatoms. The summed E-state index contributed by atoms with van der Waals surface area (Å²) in [4.78, 5) is 14.4. The molecule has 3 rings (SSSR count). The van der Waals surface area contributed by atoms with E-state index in [1.165, 1.54) is 0 Å². The smallest absolute Gasteiger partial charge is 0.262 e. The summed E-state index contributed by atoms with van der Waals surface area (Å²) in [6.07, 6.45) is 0. The predicted molar refractivity (Wildman–Crippen MR) is 90.9 cm³/mol. The summed E-state index contributed by atoms with van der Waals surface area (Å²) in [6, 6.07) is 17.6.